The Labute approximate surface area is 106 Å². The predicted molar refractivity (Wildman–Crippen MR) is 66.4 cm³/mol. The third-order valence-electron chi connectivity index (χ3n) is 2.58. The van der Waals surface area contributed by atoms with E-state index in [2.05, 4.69) is 16.2 Å². The van der Waals surface area contributed by atoms with Crippen molar-refractivity contribution < 1.29 is 4.74 Å². The second kappa shape index (κ2) is 4.49. The standard InChI is InChI=1S/C13H14N4O/c1-8-5-9(2)15-13(11(8)7-14)18-12-6-10(3)16-17(12)4/h5-6H,1-4H3. The number of rotatable bonds is 2. The molecule has 2 aromatic rings. The van der Waals surface area contributed by atoms with Crippen LogP contribution in [0.2, 0.25) is 0 Å². The number of hydrogen-bond donors (Lipinski definition) is 0. The largest absolute Gasteiger partial charge is 0.420 e. The van der Waals surface area contributed by atoms with Crippen molar-refractivity contribution in [2.75, 3.05) is 0 Å². The SMILES string of the molecule is Cc1cc(C)c(C#N)c(Oc2cc(C)nn2C)n1. The molecule has 0 fully saturated rings. The molecule has 0 radical (unpaired) electrons. The number of aromatic nitrogens is 3. The highest BCUT2D eigenvalue weighted by Crippen LogP contribution is 2.25. The van der Waals surface area contributed by atoms with Crippen molar-refractivity contribution in [1.29, 1.82) is 5.26 Å². The van der Waals surface area contributed by atoms with Gasteiger partial charge in [0.15, 0.2) is 0 Å². The van der Waals surface area contributed by atoms with E-state index in [4.69, 9.17) is 10.00 Å². The number of aryl methyl sites for hydroxylation is 4. The fourth-order valence-electron chi connectivity index (χ4n) is 1.79. The van der Waals surface area contributed by atoms with Crippen LogP contribution in [0.1, 0.15) is 22.5 Å². The molecule has 0 aliphatic rings. The Morgan fingerprint density at radius 2 is 1.94 bits per heavy atom. The summed E-state index contributed by atoms with van der Waals surface area (Å²) >= 11 is 0. The van der Waals surface area contributed by atoms with Crippen molar-refractivity contribution in [3.63, 3.8) is 0 Å². The summed E-state index contributed by atoms with van der Waals surface area (Å²) in [5.74, 6) is 0.902. The Morgan fingerprint density at radius 3 is 2.50 bits per heavy atom. The smallest absolute Gasteiger partial charge is 0.239 e. The van der Waals surface area contributed by atoms with E-state index >= 15 is 0 Å². The van der Waals surface area contributed by atoms with Gasteiger partial charge in [-0.3, -0.25) is 0 Å². The predicted octanol–water partition coefficient (Wildman–Crippen LogP) is 2.40. The Balaban J connectivity index is 2.46. The fourth-order valence-corrected chi connectivity index (χ4v) is 1.79. The average molecular weight is 242 g/mol. The van der Waals surface area contributed by atoms with Crippen LogP contribution >= 0.6 is 0 Å². The van der Waals surface area contributed by atoms with Crippen LogP contribution in [0.3, 0.4) is 0 Å². The summed E-state index contributed by atoms with van der Waals surface area (Å²) in [7, 11) is 1.79. The minimum absolute atomic E-state index is 0.331. The van der Waals surface area contributed by atoms with Gasteiger partial charge in [-0.25, -0.2) is 9.67 Å². The molecule has 0 unspecified atom stereocenters. The summed E-state index contributed by atoms with van der Waals surface area (Å²) in [4.78, 5) is 4.26. The third-order valence-corrected chi connectivity index (χ3v) is 2.58. The minimum atomic E-state index is 0.331. The Hall–Kier alpha value is -2.35. The molecule has 2 aromatic heterocycles. The summed E-state index contributed by atoms with van der Waals surface area (Å²) in [5, 5.41) is 13.3. The molecule has 2 rings (SSSR count). The maximum Gasteiger partial charge on any atom is 0.239 e. The van der Waals surface area contributed by atoms with Crippen LogP contribution in [0.25, 0.3) is 0 Å². The first-order chi connectivity index (χ1) is 8.51. The molecule has 0 saturated heterocycles. The number of pyridine rings is 1. The van der Waals surface area contributed by atoms with Crippen molar-refractivity contribution in [2.45, 2.75) is 20.8 Å². The molecule has 0 aliphatic carbocycles. The van der Waals surface area contributed by atoms with Gasteiger partial charge in [0, 0.05) is 18.8 Å². The highest BCUT2D eigenvalue weighted by molar-refractivity contribution is 5.46. The molecule has 2 heterocycles. The summed E-state index contributed by atoms with van der Waals surface area (Å²) in [6.45, 7) is 5.62. The van der Waals surface area contributed by atoms with Gasteiger partial charge < -0.3 is 4.74 Å². The van der Waals surface area contributed by atoms with Crippen molar-refractivity contribution in [3.05, 3.63) is 34.6 Å². The molecule has 18 heavy (non-hydrogen) atoms. The second-order valence-electron chi connectivity index (χ2n) is 4.22. The summed E-state index contributed by atoms with van der Waals surface area (Å²) in [6, 6.07) is 5.79. The maximum absolute atomic E-state index is 9.15. The van der Waals surface area contributed by atoms with E-state index < -0.39 is 0 Å². The minimum Gasteiger partial charge on any atom is -0.420 e. The molecule has 0 saturated carbocycles. The van der Waals surface area contributed by atoms with Gasteiger partial charge in [-0.15, -0.1) is 0 Å². The normalized spacial score (nSPS) is 10.2. The second-order valence-corrected chi connectivity index (χ2v) is 4.22. The van der Waals surface area contributed by atoms with Gasteiger partial charge in [0.1, 0.15) is 11.6 Å². The van der Waals surface area contributed by atoms with Gasteiger partial charge in [-0.2, -0.15) is 10.4 Å². The highest BCUT2D eigenvalue weighted by atomic mass is 16.5. The topological polar surface area (TPSA) is 63.7 Å². The van der Waals surface area contributed by atoms with Gasteiger partial charge in [0.05, 0.1) is 5.69 Å². The summed E-state index contributed by atoms with van der Waals surface area (Å²) in [5.41, 5.74) is 2.99. The molecule has 0 atom stereocenters. The monoisotopic (exact) mass is 242 g/mol. The zero-order chi connectivity index (χ0) is 13.3. The highest BCUT2D eigenvalue weighted by Gasteiger charge is 2.13. The molecule has 0 aromatic carbocycles. The third kappa shape index (κ3) is 2.18. The molecule has 0 spiro atoms. The summed E-state index contributed by atoms with van der Waals surface area (Å²) in [6.07, 6.45) is 0. The maximum atomic E-state index is 9.15. The number of hydrogen-bond acceptors (Lipinski definition) is 4. The van der Waals surface area contributed by atoms with Crippen LogP contribution in [-0.4, -0.2) is 14.8 Å². The lowest BCUT2D eigenvalue weighted by molar-refractivity contribution is 0.413. The van der Waals surface area contributed by atoms with Gasteiger partial charge in [-0.05, 0) is 32.4 Å². The molecule has 92 valence electrons. The van der Waals surface area contributed by atoms with Crippen LogP contribution < -0.4 is 4.74 Å². The molecule has 0 bridgehead atoms. The van der Waals surface area contributed by atoms with E-state index in [0.717, 1.165) is 17.0 Å². The molecule has 5 nitrogen and oxygen atoms in total. The number of nitriles is 1. The summed E-state index contributed by atoms with van der Waals surface area (Å²) < 4.78 is 7.30. The first-order valence-corrected chi connectivity index (χ1v) is 5.58. The lowest BCUT2D eigenvalue weighted by atomic mass is 10.1. The van der Waals surface area contributed by atoms with E-state index in [1.54, 1.807) is 17.8 Å². The van der Waals surface area contributed by atoms with Crippen LogP contribution in [0.5, 0.6) is 11.8 Å². The van der Waals surface area contributed by atoms with E-state index in [0.29, 0.717) is 17.3 Å². The van der Waals surface area contributed by atoms with Crippen molar-refractivity contribution in [1.82, 2.24) is 14.8 Å². The van der Waals surface area contributed by atoms with Gasteiger partial charge in [0.25, 0.3) is 0 Å². The van der Waals surface area contributed by atoms with Crippen LogP contribution in [0.4, 0.5) is 0 Å². The molecule has 0 N–H and O–H groups in total. The van der Waals surface area contributed by atoms with Crippen molar-refractivity contribution in [3.8, 4) is 17.8 Å². The lowest BCUT2D eigenvalue weighted by Crippen LogP contribution is -2.00. The fraction of sp³-hybridized carbons (Fsp3) is 0.308. The van der Waals surface area contributed by atoms with E-state index in [9.17, 15) is 0 Å². The quantitative estimate of drug-likeness (QED) is 0.811. The number of ether oxygens (including phenoxy) is 1. The van der Waals surface area contributed by atoms with Gasteiger partial charge in [0.2, 0.25) is 11.8 Å². The van der Waals surface area contributed by atoms with Crippen LogP contribution in [0, 0.1) is 32.1 Å². The first-order valence-electron chi connectivity index (χ1n) is 5.58. The molecule has 5 heteroatoms. The molecule has 0 aliphatic heterocycles. The van der Waals surface area contributed by atoms with Gasteiger partial charge in [-0.1, -0.05) is 0 Å². The molecular weight excluding hydrogens is 228 g/mol. The Bertz CT molecular complexity index is 637. The van der Waals surface area contributed by atoms with Gasteiger partial charge >= 0.3 is 0 Å². The zero-order valence-corrected chi connectivity index (χ0v) is 10.9. The van der Waals surface area contributed by atoms with Crippen LogP contribution in [0.15, 0.2) is 12.1 Å². The van der Waals surface area contributed by atoms with E-state index in [1.165, 1.54) is 0 Å². The van der Waals surface area contributed by atoms with E-state index in [1.807, 2.05) is 26.8 Å². The zero-order valence-electron chi connectivity index (χ0n) is 10.9. The average Bonchev–Trinajstić information content (AvgIpc) is 2.57. The lowest BCUT2D eigenvalue weighted by Gasteiger charge is -2.08. The molecular formula is C13H14N4O. The van der Waals surface area contributed by atoms with Crippen molar-refractivity contribution in [2.24, 2.45) is 7.05 Å². The Kier molecular flexibility index (Phi) is 3.02. The van der Waals surface area contributed by atoms with Crippen molar-refractivity contribution >= 4 is 0 Å². The van der Waals surface area contributed by atoms with E-state index in [-0.39, 0.29) is 0 Å². The Morgan fingerprint density at radius 1 is 1.22 bits per heavy atom. The number of nitrogens with zero attached hydrogens (tertiary/aromatic N) is 4. The first kappa shape index (κ1) is 12.1. The van der Waals surface area contributed by atoms with Crippen LogP contribution in [-0.2, 0) is 7.05 Å². The molecule has 0 amide bonds.